The van der Waals surface area contributed by atoms with Crippen LogP contribution in [0.5, 0.6) is 0 Å². The summed E-state index contributed by atoms with van der Waals surface area (Å²) in [5.41, 5.74) is 1.64. The fourth-order valence-electron chi connectivity index (χ4n) is 4.08. The van der Waals surface area contributed by atoms with Crippen LogP contribution in [0.25, 0.3) is 10.1 Å². The van der Waals surface area contributed by atoms with Crippen molar-refractivity contribution >= 4 is 33.2 Å². The maximum absolute atomic E-state index is 13.0. The number of aromatic nitrogens is 2. The molecule has 4 rings (SSSR count). The van der Waals surface area contributed by atoms with Gasteiger partial charge in [0.05, 0.1) is 23.2 Å². The maximum Gasteiger partial charge on any atom is 0.261 e. The molecule has 7 nitrogen and oxygen atoms in total. The first-order valence-electron chi connectivity index (χ1n) is 10.2. The van der Waals surface area contributed by atoms with Gasteiger partial charge < -0.3 is 15.0 Å². The summed E-state index contributed by atoms with van der Waals surface area (Å²) in [7, 11) is 3.43. The summed E-state index contributed by atoms with van der Waals surface area (Å²) in [6, 6.07) is 8.17. The van der Waals surface area contributed by atoms with Gasteiger partial charge in [-0.1, -0.05) is 18.2 Å². The predicted octanol–water partition coefficient (Wildman–Crippen LogP) is 2.86. The number of nitrogens with one attached hydrogen (secondary N) is 1. The van der Waals surface area contributed by atoms with Crippen LogP contribution in [0.2, 0.25) is 0 Å². The van der Waals surface area contributed by atoms with Gasteiger partial charge >= 0.3 is 0 Å². The number of ether oxygens (including phenoxy) is 1. The number of likely N-dealkylation sites (tertiary alicyclic amines) is 1. The summed E-state index contributed by atoms with van der Waals surface area (Å²) in [6.45, 7) is 1.68. The predicted molar refractivity (Wildman–Crippen MR) is 117 cm³/mol. The monoisotopic (exact) mass is 426 g/mol. The van der Waals surface area contributed by atoms with Gasteiger partial charge in [0, 0.05) is 44.2 Å². The van der Waals surface area contributed by atoms with Crippen molar-refractivity contribution in [1.82, 2.24) is 20.0 Å². The minimum atomic E-state index is -0.0774. The van der Waals surface area contributed by atoms with Crippen molar-refractivity contribution in [2.75, 3.05) is 26.8 Å². The number of carbonyl (C=O) groups excluding carboxylic acids is 2. The fourth-order valence-corrected chi connectivity index (χ4v) is 5.23. The molecule has 1 saturated heterocycles. The third kappa shape index (κ3) is 4.11. The average Bonchev–Trinajstić information content (AvgIpc) is 3.47. The van der Waals surface area contributed by atoms with Crippen molar-refractivity contribution in [3.63, 3.8) is 0 Å². The minimum absolute atomic E-state index is 0.0104. The van der Waals surface area contributed by atoms with Crippen LogP contribution in [0.15, 0.2) is 36.7 Å². The molecule has 1 aromatic carbocycles. The van der Waals surface area contributed by atoms with Crippen molar-refractivity contribution in [2.24, 2.45) is 7.05 Å². The Morgan fingerprint density at radius 1 is 1.33 bits per heavy atom. The molecule has 1 aliphatic rings. The first-order valence-corrected chi connectivity index (χ1v) is 11.0. The van der Waals surface area contributed by atoms with Crippen LogP contribution >= 0.6 is 11.3 Å². The lowest BCUT2D eigenvalue weighted by molar-refractivity contribution is 0.0736. The zero-order chi connectivity index (χ0) is 21.1. The van der Waals surface area contributed by atoms with E-state index in [-0.39, 0.29) is 17.9 Å². The van der Waals surface area contributed by atoms with Crippen LogP contribution < -0.4 is 5.32 Å². The van der Waals surface area contributed by atoms with Crippen LogP contribution in [0.4, 0.5) is 0 Å². The molecule has 1 aliphatic heterocycles. The SMILES string of the molecule is COCCNC(=O)c1sc2ccccc2c1C[C@H]1CCCN1C(=O)c1cnn(C)c1. The number of amides is 2. The Morgan fingerprint density at radius 3 is 2.93 bits per heavy atom. The normalized spacial score (nSPS) is 16.3. The van der Waals surface area contributed by atoms with Gasteiger partial charge in [0.15, 0.2) is 0 Å². The van der Waals surface area contributed by atoms with E-state index in [0.29, 0.717) is 25.1 Å². The van der Waals surface area contributed by atoms with Gasteiger partial charge in [-0.05, 0) is 36.3 Å². The molecule has 0 saturated carbocycles. The Balaban J connectivity index is 1.61. The van der Waals surface area contributed by atoms with E-state index >= 15 is 0 Å². The number of aryl methyl sites for hydroxylation is 1. The summed E-state index contributed by atoms with van der Waals surface area (Å²) in [6.07, 6.45) is 5.94. The molecule has 2 amide bonds. The molecule has 8 heteroatoms. The fraction of sp³-hybridized carbons (Fsp3) is 0.409. The molecule has 3 heterocycles. The van der Waals surface area contributed by atoms with Gasteiger partial charge in [0.25, 0.3) is 11.8 Å². The van der Waals surface area contributed by atoms with Crippen LogP contribution in [-0.4, -0.2) is 59.3 Å². The lowest BCUT2D eigenvalue weighted by atomic mass is 10.00. The lowest BCUT2D eigenvalue weighted by Crippen LogP contribution is -2.37. The summed E-state index contributed by atoms with van der Waals surface area (Å²) in [4.78, 5) is 28.6. The van der Waals surface area contributed by atoms with Crippen molar-refractivity contribution in [3.05, 3.63) is 52.7 Å². The molecular formula is C22H26N4O3S. The van der Waals surface area contributed by atoms with Gasteiger partial charge in [-0.2, -0.15) is 5.10 Å². The van der Waals surface area contributed by atoms with Gasteiger partial charge in [0.2, 0.25) is 0 Å². The number of carbonyl (C=O) groups is 2. The molecule has 0 bridgehead atoms. The van der Waals surface area contributed by atoms with Crippen LogP contribution in [-0.2, 0) is 18.2 Å². The summed E-state index contributed by atoms with van der Waals surface area (Å²) in [5.74, 6) is -0.0670. The Morgan fingerprint density at radius 2 is 2.17 bits per heavy atom. The number of fused-ring (bicyclic) bond motifs is 1. The highest BCUT2D eigenvalue weighted by molar-refractivity contribution is 7.21. The third-order valence-corrected chi connectivity index (χ3v) is 6.74. The van der Waals surface area contributed by atoms with E-state index in [4.69, 9.17) is 4.74 Å². The van der Waals surface area contributed by atoms with E-state index in [0.717, 1.165) is 39.9 Å². The van der Waals surface area contributed by atoms with E-state index < -0.39 is 0 Å². The van der Waals surface area contributed by atoms with Crippen molar-refractivity contribution < 1.29 is 14.3 Å². The molecule has 158 valence electrons. The topological polar surface area (TPSA) is 76.5 Å². The lowest BCUT2D eigenvalue weighted by Gasteiger charge is -2.24. The van der Waals surface area contributed by atoms with E-state index in [1.165, 1.54) is 11.3 Å². The molecule has 1 fully saturated rings. The average molecular weight is 427 g/mol. The standard InChI is InChI=1S/C22H26N4O3S/c1-25-14-15(13-24-25)22(28)26-10-5-6-16(26)12-18-17-7-3-4-8-19(17)30-20(18)21(27)23-9-11-29-2/h3-4,7-8,13-14,16H,5-6,9-12H2,1-2H3,(H,23,27)/t16-/m1/s1. The zero-order valence-electron chi connectivity index (χ0n) is 17.3. The van der Waals surface area contributed by atoms with Crippen LogP contribution in [0.3, 0.4) is 0 Å². The van der Waals surface area contributed by atoms with Crippen LogP contribution in [0.1, 0.15) is 38.4 Å². The number of thiophene rings is 1. The van der Waals surface area contributed by atoms with E-state index in [1.807, 2.05) is 30.1 Å². The van der Waals surface area contributed by atoms with Gasteiger partial charge in [-0.3, -0.25) is 14.3 Å². The highest BCUT2D eigenvalue weighted by atomic mass is 32.1. The van der Waals surface area contributed by atoms with Crippen LogP contribution in [0, 0.1) is 0 Å². The Bertz CT molecular complexity index is 1060. The molecule has 30 heavy (non-hydrogen) atoms. The van der Waals surface area contributed by atoms with Crippen molar-refractivity contribution in [3.8, 4) is 0 Å². The summed E-state index contributed by atoms with van der Waals surface area (Å²) in [5, 5.41) is 8.17. The number of hydrogen-bond acceptors (Lipinski definition) is 5. The second kappa shape index (κ2) is 8.97. The molecule has 2 aromatic heterocycles. The molecule has 0 unspecified atom stereocenters. The molecular weight excluding hydrogens is 400 g/mol. The van der Waals surface area contributed by atoms with Gasteiger partial charge in [-0.15, -0.1) is 11.3 Å². The molecule has 1 N–H and O–H groups in total. The largest absolute Gasteiger partial charge is 0.383 e. The number of methoxy groups -OCH3 is 1. The highest BCUT2D eigenvalue weighted by Gasteiger charge is 2.32. The smallest absolute Gasteiger partial charge is 0.261 e. The van der Waals surface area contributed by atoms with Gasteiger partial charge in [0.1, 0.15) is 0 Å². The minimum Gasteiger partial charge on any atom is -0.383 e. The molecule has 3 aromatic rings. The second-order valence-corrected chi connectivity index (χ2v) is 8.61. The molecule has 1 atom stereocenters. The number of rotatable bonds is 7. The zero-order valence-corrected chi connectivity index (χ0v) is 18.1. The van der Waals surface area contributed by atoms with E-state index in [9.17, 15) is 9.59 Å². The van der Waals surface area contributed by atoms with E-state index in [1.54, 1.807) is 24.2 Å². The molecule has 0 radical (unpaired) electrons. The molecule has 0 aliphatic carbocycles. The van der Waals surface area contributed by atoms with Crippen molar-refractivity contribution in [2.45, 2.75) is 25.3 Å². The quantitative estimate of drug-likeness (QED) is 0.590. The maximum atomic E-state index is 13.0. The first-order chi connectivity index (χ1) is 14.6. The van der Waals surface area contributed by atoms with E-state index in [2.05, 4.69) is 16.5 Å². The van der Waals surface area contributed by atoms with Gasteiger partial charge in [-0.25, -0.2) is 0 Å². The third-order valence-electron chi connectivity index (χ3n) is 5.53. The Labute approximate surface area is 179 Å². The highest BCUT2D eigenvalue weighted by Crippen LogP contribution is 2.34. The first kappa shape index (κ1) is 20.6. The second-order valence-electron chi connectivity index (χ2n) is 7.56. The van der Waals surface area contributed by atoms with Crippen molar-refractivity contribution in [1.29, 1.82) is 0 Å². The Kier molecular flexibility index (Phi) is 6.15. The summed E-state index contributed by atoms with van der Waals surface area (Å²) < 4.78 is 7.78. The Hall–Kier alpha value is -2.71. The number of hydrogen-bond donors (Lipinski definition) is 1. The number of benzene rings is 1. The number of nitrogens with zero attached hydrogens (tertiary/aromatic N) is 3. The summed E-state index contributed by atoms with van der Waals surface area (Å²) >= 11 is 1.51. The molecule has 0 spiro atoms.